The molecule has 10 heteroatoms. The molecule has 1 atom stereocenters. The molecule has 1 saturated heterocycles. The van der Waals surface area contributed by atoms with Crippen molar-refractivity contribution in [1.82, 2.24) is 14.5 Å². The lowest BCUT2D eigenvalue weighted by atomic mass is 10.0. The van der Waals surface area contributed by atoms with Crippen molar-refractivity contribution in [1.29, 1.82) is 0 Å². The van der Waals surface area contributed by atoms with Crippen molar-refractivity contribution in [2.75, 3.05) is 5.75 Å². The highest BCUT2D eigenvalue weighted by Gasteiger charge is 2.31. The van der Waals surface area contributed by atoms with Crippen LogP contribution in [0.15, 0.2) is 23.0 Å². The lowest BCUT2D eigenvalue weighted by Crippen LogP contribution is -2.44. The molecule has 1 fully saturated rings. The molecule has 0 radical (unpaired) electrons. The van der Waals surface area contributed by atoms with Crippen LogP contribution in [0.25, 0.3) is 11.0 Å². The van der Waals surface area contributed by atoms with E-state index in [4.69, 9.17) is 5.14 Å². The van der Waals surface area contributed by atoms with Crippen LogP contribution < -0.4 is 16.1 Å². The third kappa shape index (κ3) is 4.17. The first kappa shape index (κ1) is 20.3. The van der Waals surface area contributed by atoms with E-state index in [0.29, 0.717) is 31.2 Å². The largest absolute Gasteiger partial charge is 0.329 e. The van der Waals surface area contributed by atoms with Gasteiger partial charge in [-0.15, -0.1) is 0 Å². The number of hydrogen-bond donors (Lipinski definition) is 2. The van der Waals surface area contributed by atoms with Crippen LogP contribution in [0.1, 0.15) is 43.7 Å². The van der Waals surface area contributed by atoms with Gasteiger partial charge in [0, 0.05) is 13.5 Å². The van der Waals surface area contributed by atoms with Crippen LogP contribution in [0.2, 0.25) is 0 Å². The monoisotopic (exact) mass is 408 g/mol. The number of hydrogen-bond acceptors (Lipinski definition) is 5. The molecule has 0 aliphatic carbocycles. The Hall–Kier alpha value is -2.46. The number of benzene rings is 1. The summed E-state index contributed by atoms with van der Waals surface area (Å²) in [6.45, 7) is 0. The van der Waals surface area contributed by atoms with Crippen molar-refractivity contribution >= 4 is 32.9 Å². The molecule has 1 aromatic heterocycles. The van der Waals surface area contributed by atoms with Gasteiger partial charge in [0.15, 0.2) is 0 Å². The number of aryl methyl sites for hydroxylation is 2. The lowest BCUT2D eigenvalue weighted by molar-refractivity contribution is -0.135. The summed E-state index contributed by atoms with van der Waals surface area (Å²) >= 11 is 0. The fraction of sp³-hybridized carbons (Fsp3) is 0.500. The average molecular weight is 408 g/mol. The molecule has 3 rings (SSSR count). The smallest absolute Gasteiger partial charge is 0.295 e. The van der Waals surface area contributed by atoms with Crippen LogP contribution in [0.4, 0.5) is 0 Å². The Balaban J connectivity index is 1.86. The van der Waals surface area contributed by atoms with Crippen LogP contribution in [0.5, 0.6) is 0 Å². The van der Waals surface area contributed by atoms with Crippen molar-refractivity contribution in [3.63, 3.8) is 0 Å². The van der Waals surface area contributed by atoms with Crippen LogP contribution >= 0.6 is 0 Å². The summed E-state index contributed by atoms with van der Waals surface area (Å²) in [5.74, 6) is -0.823. The summed E-state index contributed by atoms with van der Waals surface area (Å²) in [6, 6.07) is 4.85. The van der Waals surface area contributed by atoms with E-state index >= 15 is 0 Å². The van der Waals surface area contributed by atoms with Crippen molar-refractivity contribution in [2.45, 2.75) is 44.6 Å². The zero-order valence-electron chi connectivity index (χ0n) is 15.7. The fourth-order valence-corrected chi connectivity index (χ4v) is 4.35. The topological polar surface area (TPSA) is 133 Å². The summed E-state index contributed by atoms with van der Waals surface area (Å²) in [7, 11) is -1.78. The van der Waals surface area contributed by atoms with Gasteiger partial charge >= 0.3 is 5.69 Å². The molecule has 1 unspecified atom stereocenters. The van der Waals surface area contributed by atoms with E-state index in [1.165, 1.54) is 9.13 Å². The van der Waals surface area contributed by atoms with Gasteiger partial charge in [0.1, 0.15) is 6.04 Å². The number of para-hydroxylation sites is 1. The normalized spacial score (nSPS) is 17.9. The van der Waals surface area contributed by atoms with E-state index < -0.39 is 22.0 Å². The second kappa shape index (κ2) is 7.88. The van der Waals surface area contributed by atoms with E-state index in [9.17, 15) is 22.8 Å². The minimum atomic E-state index is -3.45. The molecule has 3 N–H and O–H groups in total. The molecule has 28 heavy (non-hydrogen) atoms. The van der Waals surface area contributed by atoms with Crippen LogP contribution in [0, 0.1) is 0 Å². The van der Waals surface area contributed by atoms with Crippen LogP contribution in [-0.4, -0.2) is 35.1 Å². The lowest BCUT2D eigenvalue weighted by Gasteiger charge is -2.21. The Labute approximate surface area is 162 Å². The van der Waals surface area contributed by atoms with Gasteiger partial charge in [0.05, 0.1) is 16.8 Å². The quantitative estimate of drug-likeness (QED) is 0.503. The zero-order valence-corrected chi connectivity index (χ0v) is 16.5. The van der Waals surface area contributed by atoms with E-state index in [1.54, 1.807) is 13.1 Å². The molecule has 1 aliphatic rings. The summed E-state index contributed by atoms with van der Waals surface area (Å²) in [5.41, 5.74) is 2.07. The van der Waals surface area contributed by atoms with Gasteiger partial charge in [-0.1, -0.05) is 18.6 Å². The van der Waals surface area contributed by atoms with Crippen molar-refractivity contribution in [3.05, 3.63) is 34.2 Å². The molecule has 9 nitrogen and oxygen atoms in total. The summed E-state index contributed by atoms with van der Waals surface area (Å²) in [4.78, 5) is 36.5. The maximum atomic E-state index is 12.8. The second-order valence-corrected chi connectivity index (χ2v) is 8.87. The third-order valence-electron chi connectivity index (χ3n) is 5.08. The Kier molecular flexibility index (Phi) is 5.71. The minimum Gasteiger partial charge on any atom is -0.295 e. The SMILES string of the molecule is Cn1c(=O)n(C2CCC(=O)NC2=O)c2cccc(CCCCCS(N)(=O)=O)c21. The first-order valence-electron chi connectivity index (χ1n) is 9.22. The molecule has 0 bridgehead atoms. The molecule has 1 aromatic carbocycles. The molecule has 0 spiro atoms. The van der Waals surface area contributed by atoms with Crippen molar-refractivity contribution in [3.8, 4) is 0 Å². The number of primary sulfonamides is 1. The Bertz CT molecular complexity index is 1080. The van der Waals surface area contributed by atoms with Gasteiger partial charge in [-0.3, -0.25) is 24.0 Å². The molecule has 2 amide bonds. The van der Waals surface area contributed by atoms with Gasteiger partial charge in [-0.25, -0.2) is 18.4 Å². The number of carbonyl (C=O) groups is 2. The predicted octanol–water partition coefficient (Wildman–Crippen LogP) is 0.319. The number of sulfonamides is 1. The number of unbranched alkanes of at least 4 members (excludes halogenated alkanes) is 2. The first-order chi connectivity index (χ1) is 13.2. The molecule has 2 aromatic rings. The van der Waals surface area contributed by atoms with Gasteiger partial charge in [0.25, 0.3) is 0 Å². The van der Waals surface area contributed by atoms with Gasteiger partial charge in [0.2, 0.25) is 21.8 Å². The summed E-state index contributed by atoms with van der Waals surface area (Å²) in [6.07, 6.45) is 3.12. The zero-order chi connectivity index (χ0) is 20.5. The Morgan fingerprint density at radius 2 is 1.93 bits per heavy atom. The highest BCUT2D eigenvalue weighted by Crippen LogP contribution is 2.25. The number of imidazole rings is 1. The number of carbonyl (C=O) groups excluding carboxylic acids is 2. The highest BCUT2D eigenvalue weighted by atomic mass is 32.2. The number of nitrogens with two attached hydrogens (primary N) is 1. The number of rotatable bonds is 7. The van der Waals surface area contributed by atoms with Crippen LogP contribution in [0.3, 0.4) is 0 Å². The number of piperidine rings is 1. The molecule has 0 saturated carbocycles. The maximum absolute atomic E-state index is 12.8. The molecular formula is C18H24N4O5S. The Morgan fingerprint density at radius 3 is 2.61 bits per heavy atom. The first-order valence-corrected chi connectivity index (χ1v) is 10.9. The average Bonchev–Trinajstić information content (AvgIpc) is 2.86. The number of nitrogens with one attached hydrogen (secondary N) is 1. The third-order valence-corrected chi connectivity index (χ3v) is 5.94. The van der Waals surface area contributed by atoms with Crippen molar-refractivity contribution < 1.29 is 18.0 Å². The summed E-state index contributed by atoms with van der Waals surface area (Å²) < 4.78 is 25.0. The van der Waals surface area contributed by atoms with E-state index in [0.717, 1.165) is 17.5 Å². The molecule has 152 valence electrons. The fourth-order valence-electron chi connectivity index (χ4n) is 3.75. The van der Waals surface area contributed by atoms with Gasteiger partial charge < -0.3 is 0 Å². The van der Waals surface area contributed by atoms with E-state index in [1.807, 2.05) is 12.1 Å². The highest BCUT2D eigenvalue weighted by molar-refractivity contribution is 7.89. The van der Waals surface area contributed by atoms with E-state index in [-0.39, 0.29) is 23.8 Å². The number of nitrogens with zero attached hydrogens (tertiary/aromatic N) is 2. The van der Waals surface area contributed by atoms with E-state index in [2.05, 4.69) is 5.32 Å². The maximum Gasteiger partial charge on any atom is 0.329 e. The number of fused-ring (bicyclic) bond motifs is 1. The Morgan fingerprint density at radius 1 is 1.18 bits per heavy atom. The standard InChI is InChI=1S/C18H24N4O5S/c1-21-16-12(6-3-2-4-11-28(19,26)27)7-5-8-13(16)22(18(21)25)14-9-10-15(23)20-17(14)24/h5,7-8,14H,2-4,6,9-11H2,1H3,(H2,19,26,27)(H,20,23,24). The van der Waals surface area contributed by atoms with Crippen molar-refractivity contribution in [2.24, 2.45) is 12.2 Å². The molecular weight excluding hydrogens is 384 g/mol. The predicted molar refractivity (Wildman–Crippen MR) is 104 cm³/mol. The second-order valence-electron chi connectivity index (χ2n) is 7.14. The number of imide groups is 1. The summed E-state index contributed by atoms with van der Waals surface area (Å²) in [5, 5.41) is 7.31. The van der Waals surface area contributed by atoms with Gasteiger partial charge in [-0.05, 0) is 37.3 Å². The molecule has 1 aliphatic heterocycles. The van der Waals surface area contributed by atoms with Crippen LogP contribution in [-0.2, 0) is 33.1 Å². The molecule has 2 heterocycles. The van der Waals surface area contributed by atoms with Gasteiger partial charge in [-0.2, -0.15) is 0 Å². The minimum absolute atomic E-state index is 0.0401. The number of aromatic nitrogens is 2. The number of amides is 2.